The average molecular weight is 429 g/mol. The molecule has 4 heteroatoms. The molecule has 0 aromatic rings. The first kappa shape index (κ1) is 29.4. The molecule has 0 N–H and O–H groups in total. The molecule has 0 fully saturated rings. The Kier molecular flexibility index (Phi) is 25.9. The summed E-state index contributed by atoms with van der Waals surface area (Å²) in [4.78, 5) is 11.7. The van der Waals surface area contributed by atoms with E-state index in [0.717, 1.165) is 25.9 Å². The minimum atomic E-state index is -0.0915. The lowest BCUT2D eigenvalue weighted by Gasteiger charge is -2.07. The molecule has 0 unspecified atom stereocenters. The van der Waals surface area contributed by atoms with Crippen molar-refractivity contribution in [1.82, 2.24) is 0 Å². The van der Waals surface area contributed by atoms with Crippen molar-refractivity contribution in [2.24, 2.45) is 0 Å². The minimum Gasteiger partial charge on any atom is -0.466 e. The highest BCUT2D eigenvalue weighted by molar-refractivity contribution is 5.69. The van der Waals surface area contributed by atoms with Gasteiger partial charge in [0.05, 0.1) is 19.8 Å². The molecule has 0 saturated heterocycles. The first-order valence-corrected chi connectivity index (χ1v) is 13.1. The summed E-state index contributed by atoms with van der Waals surface area (Å²) in [6, 6.07) is 0. The topological polar surface area (TPSA) is 44.8 Å². The molecule has 0 aliphatic carbocycles. The van der Waals surface area contributed by atoms with Crippen LogP contribution in [0.1, 0.15) is 129 Å². The van der Waals surface area contributed by atoms with Crippen LogP contribution in [0.5, 0.6) is 0 Å². The number of rotatable bonds is 25. The summed E-state index contributed by atoms with van der Waals surface area (Å²) in [7, 11) is 0. The zero-order valence-electron chi connectivity index (χ0n) is 20.4. The number of esters is 1. The van der Waals surface area contributed by atoms with Crippen LogP contribution < -0.4 is 0 Å². The number of ether oxygens (including phenoxy) is 3. The van der Waals surface area contributed by atoms with E-state index in [1.807, 2.05) is 0 Å². The predicted molar refractivity (Wildman–Crippen MR) is 127 cm³/mol. The molecule has 0 aromatic heterocycles. The molecule has 0 heterocycles. The SMILES string of the molecule is CCCCCCCCCCCOCCOCCCC(=O)OCCCCCCCCC. The minimum absolute atomic E-state index is 0.0915. The number of hydrogen-bond acceptors (Lipinski definition) is 4. The molecular formula is C26H52O4. The van der Waals surface area contributed by atoms with Crippen LogP contribution in [0, 0.1) is 0 Å². The van der Waals surface area contributed by atoms with E-state index in [2.05, 4.69) is 13.8 Å². The smallest absolute Gasteiger partial charge is 0.305 e. The van der Waals surface area contributed by atoms with Crippen LogP contribution in [0.2, 0.25) is 0 Å². The molecule has 0 bridgehead atoms. The largest absolute Gasteiger partial charge is 0.466 e. The van der Waals surface area contributed by atoms with E-state index in [9.17, 15) is 4.79 Å². The number of hydrogen-bond donors (Lipinski definition) is 0. The first-order valence-electron chi connectivity index (χ1n) is 13.1. The van der Waals surface area contributed by atoms with Crippen molar-refractivity contribution >= 4 is 5.97 Å². The second kappa shape index (κ2) is 26.4. The maximum atomic E-state index is 11.7. The normalized spacial score (nSPS) is 11.1. The van der Waals surface area contributed by atoms with Crippen molar-refractivity contribution in [2.45, 2.75) is 129 Å². The van der Waals surface area contributed by atoms with E-state index >= 15 is 0 Å². The Morgan fingerprint density at radius 1 is 0.467 bits per heavy atom. The summed E-state index contributed by atoms with van der Waals surface area (Å²) in [5.41, 5.74) is 0. The Hall–Kier alpha value is -0.610. The second-order valence-electron chi connectivity index (χ2n) is 8.50. The maximum Gasteiger partial charge on any atom is 0.305 e. The molecule has 0 aliphatic rings. The highest BCUT2D eigenvalue weighted by Crippen LogP contribution is 2.09. The first-order chi connectivity index (χ1) is 14.8. The number of carbonyl (C=O) groups is 1. The van der Waals surface area contributed by atoms with Gasteiger partial charge in [-0.3, -0.25) is 4.79 Å². The second-order valence-corrected chi connectivity index (χ2v) is 8.50. The lowest BCUT2D eigenvalue weighted by Crippen LogP contribution is -2.09. The van der Waals surface area contributed by atoms with Crippen LogP contribution in [0.25, 0.3) is 0 Å². The monoisotopic (exact) mass is 428 g/mol. The van der Waals surface area contributed by atoms with Crippen molar-refractivity contribution in [3.05, 3.63) is 0 Å². The van der Waals surface area contributed by atoms with Crippen molar-refractivity contribution in [2.75, 3.05) is 33.0 Å². The fraction of sp³-hybridized carbons (Fsp3) is 0.962. The summed E-state index contributed by atoms with van der Waals surface area (Å²) in [6.45, 7) is 7.78. The van der Waals surface area contributed by atoms with Gasteiger partial charge >= 0.3 is 5.97 Å². The quantitative estimate of drug-likeness (QED) is 0.111. The van der Waals surface area contributed by atoms with E-state index < -0.39 is 0 Å². The third-order valence-electron chi connectivity index (χ3n) is 5.44. The van der Waals surface area contributed by atoms with Gasteiger partial charge in [-0.2, -0.15) is 0 Å². The van der Waals surface area contributed by atoms with Gasteiger partial charge in [-0.1, -0.05) is 104 Å². The van der Waals surface area contributed by atoms with Gasteiger partial charge in [-0.25, -0.2) is 0 Å². The van der Waals surface area contributed by atoms with Crippen molar-refractivity contribution in [1.29, 1.82) is 0 Å². The van der Waals surface area contributed by atoms with Crippen LogP contribution in [-0.2, 0) is 19.0 Å². The Labute approximate surface area is 187 Å². The fourth-order valence-electron chi connectivity index (χ4n) is 3.47. The zero-order chi connectivity index (χ0) is 22.0. The van der Waals surface area contributed by atoms with E-state index in [1.54, 1.807) is 0 Å². The van der Waals surface area contributed by atoms with Gasteiger partial charge in [-0.05, 0) is 19.3 Å². The molecule has 0 atom stereocenters. The third-order valence-corrected chi connectivity index (χ3v) is 5.44. The molecule has 0 aromatic carbocycles. The molecule has 0 aliphatic heterocycles. The molecule has 0 amide bonds. The van der Waals surface area contributed by atoms with Gasteiger partial charge in [0.1, 0.15) is 0 Å². The average Bonchev–Trinajstić information content (AvgIpc) is 2.75. The van der Waals surface area contributed by atoms with E-state index in [1.165, 1.54) is 89.9 Å². The molecule has 0 rings (SSSR count). The highest BCUT2D eigenvalue weighted by Gasteiger charge is 2.02. The van der Waals surface area contributed by atoms with Gasteiger partial charge in [-0.15, -0.1) is 0 Å². The number of unbranched alkanes of at least 4 members (excludes halogenated alkanes) is 14. The molecule has 30 heavy (non-hydrogen) atoms. The highest BCUT2D eigenvalue weighted by atomic mass is 16.5. The lowest BCUT2D eigenvalue weighted by atomic mass is 10.1. The summed E-state index contributed by atoms with van der Waals surface area (Å²) in [5, 5.41) is 0. The van der Waals surface area contributed by atoms with Gasteiger partial charge < -0.3 is 14.2 Å². The van der Waals surface area contributed by atoms with Crippen LogP contribution in [-0.4, -0.2) is 39.0 Å². The summed E-state index contributed by atoms with van der Waals surface area (Å²) < 4.78 is 16.4. The summed E-state index contributed by atoms with van der Waals surface area (Å²) in [6.07, 6.45) is 21.9. The summed E-state index contributed by atoms with van der Waals surface area (Å²) in [5.74, 6) is -0.0915. The van der Waals surface area contributed by atoms with Crippen LogP contribution in [0.4, 0.5) is 0 Å². The van der Waals surface area contributed by atoms with Crippen molar-refractivity contribution in [3.8, 4) is 0 Å². The zero-order valence-corrected chi connectivity index (χ0v) is 20.4. The van der Waals surface area contributed by atoms with Crippen LogP contribution in [0.15, 0.2) is 0 Å². The van der Waals surface area contributed by atoms with Gasteiger partial charge in [0.25, 0.3) is 0 Å². The van der Waals surface area contributed by atoms with Crippen molar-refractivity contribution in [3.63, 3.8) is 0 Å². The van der Waals surface area contributed by atoms with E-state index in [-0.39, 0.29) is 5.97 Å². The molecular weight excluding hydrogens is 376 g/mol. The fourth-order valence-corrected chi connectivity index (χ4v) is 3.47. The van der Waals surface area contributed by atoms with Crippen molar-refractivity contribution < 1.29 is 19.0 Å². The Morgan fingerprint density at radius 3 is 1.37 bits per heavy atom. The van der Waals surface area contributed by atoms with Gasteiger partial charge in [0.15, 0.2) is 0 Å². The molecule has 180 valence electrons. The summed E-state index contributed by atoms with van der Waals surface area (Å²) >= 11 is 0. The maximum absolute atomic E-state index is 11.7. The molecule has 0 saturated carbocycles. The molecule has 4 nitrogen and oxygen atoms in total. The van der Waals surface area contributed by atoms with E-state index in [4.69, 9.17) is 14.2 Å². The predicted octanol–water partition coefficient (Wildman–Crippen LogP) is 7.62. The Morgan fingerprint density at radius 2 is 0.867 bits per heavy atom. The van der Waals surface area contributed by atoms with Crippen LogP contribution >= 0.6 is 0 Å². The Balaban J connectivity index is 3.12. The van der Waals surface area contributed by atoms with Gasteiger partial charge in [0.2, 0.25) is 0 Å². The standard InChI is InChI=1S/C26H52O4/c1-3-5-7-9-11-12-14-15-17-21-28-24-25-29-22-19-20-26(27)30-23-18-16-13-10-8-6-4-2/h3-25H2,1-2H3. The number of carbonyl (C=O) groups excluding carboxylic acids is 1. The Bertz CT molecular complexity index is 333. The van der Waals surface area contributed by atoms with Crippen LogP contribution in [0.3, 0.4) is 0 Å². The lowest BCUT2D eigenvalue weighted by molar-refractivity contribution is -0.144. The molecule has 0 spiro atoms. The van der Waals surface area contributed by atoms with E-state index in [0.29, 0.717) is 32.8 Å². The molecule has 0 radical (unpaired) electrons. The third kappa shape index (κ3) is 25.4. The van der Waals surface area contributed by atoms with Gasteiger partial charge in [0, 0.05) is 19.6 Å².